The molecule has 0 saturated carbocycles. The minimum atomic E-state index is -0.170. The van der Waals surface area contributed by atoms with Crippen molar-refractivity contribution in [1.82, 2.24) is 9.55 Å². The zero-order chi connectivity index (χ0) is 22.3. The number of Topliss-reactive ketones (excluding diaryl/α,β-unsaturated/α-hetero) is 1. The van der Waals surface area contributed by atoms with Gasteiger partial charge in [-0.2, -0.15) is 0 Å². The fourth-order valence-electron chi connectivity index (χ4n) is 3.69. The minimum absolute atomic E-state index is 0.170. The van der Waals surface area contributed by atoms with Crippen LogP contribution in [0.2, 0.25) is 0 Å². The number of carbonyl (C=O) groups is 1. The first-order valence-corrected chi connectivity index (χ1v) is 10.6. The second-order valence-corrected chi connectivity index (χ2v) is 7.37. The van der Waals surface area contributed by atoms with E-state index in [1.807, 2.05) is 29.0 Å². The molecule has 4 aromatic rings. The molecule has 0 aliphatic heterocycles. The molecule has 166 valence electrons. The van der Waals surface area contributed by atoms with Crippen LogP contribution in [-0.2, 0) is 13.0 Å². The molecule has 0 aliphatic carbocycles. The summed E-state index contributed by atoms with van der Waals surface area (Å²) in [5.74, 6) is 1.03. The first-order chi connectivity index (χ1) is 15.7. The number of carbonyl (C=O) groups excluding carboxylic acids is 1. The van der Waals surface area contributed by atoms with Gasteiger partial charge < -0.3 is 23.2 Å². The maximum Gasteiger partial charge on any atom is 0.205 e. The minimum Gasteiger partial charge on any atom is -0.495 e. The SMILES string of the molecule is COc1c(C(C)=O)c(OCCn2ccnc2)c(OCCCc2ccccc2)c2occc12. The Labute approximate surface area is 186 Å². The smallest absolute Gasteiger partial charge is 0.205 e. The zero-order valence-corrected chi connectivity index (χ0v) is 18.2. The molecule has 32 heavy (non-hydrogen) atoms. The molecule has 0 atom stereocenters. The summed E-state index contributed by atoms with van der Waals surface area (Å²) in [5, 5.41) is 0.678. The highest BCUT2D eigenvalue weighted by Crippen LogP contribution is 2.46. The van der Waals surface area contributed by atoms with E-state index in [4.69, 9.17) is 18.6 Å². The number of fused-ring (bicyclic) bond motifs is 1. The van der Waals surface area contributed by atoms with Crippen LogP contribution >= 0.6 is 0 Å². The Morgan fingerprint density at radius 3 is 2.59 bits per heavy atom. The quantitative estimate of drug-likeness (QED) is 0.246. The van der Waals surface area contributed by atoms with Gasteiger partial charge in [-0.25, -0.2) is 4.98 Å². The number of ketones is 1. The maximum atomic E-state index is 12.6. The van der Waals surface area contributed by atoms with E-state index in [0.29, 0.717) is 53.5 Å². The van der Waals surface area contributed by atoms with Gasteiger partial charge >= 0.3 is 0 Å². The maximum absolute atomic E-state index is 12.6. The van der Waals surface area contributed by atoms with Crippen LogP contribution in [0.25, 0.3) is 11.0 Å². The van der Waals surface area contributed by atoms with Crippen molar-refractivity contribution < 1.29 is 23.4 Å². The number of methoxy groups -OCH3 is 1. The molecule has 0 saturated heterocycles. The molecule has 0 amide bonds. The normalized spacial score (nSPS) is 10.9. The summed E-state index contributed by atoms with van der Waals surface area (Å²) in [4.78, 5) is 16.7. The van der Waals surface area contributed by atoms with Crippen molar-refractivity contribution in [3.63, 3.8) is 0 Å². The molecule has 0 bridgehead atoms. The lowest BCUT2D eigenvalue weighted by Crippen LogP contribution is -2.12. The number of imidazole rings is 1. The van der Waals surface area contributed by atoms with Crippen LogP contribution in [0, 0.1) is 0 Å². The number of benzene rings is 2. The van der Waals surface area contributed by atoms with Gasteiger partial charge in [-0.05, 0) is 31.4 Å². The first-order valence-electron chi connectivity index (χ1n) is 10.6. The van der Waals surface area contributed by atoms with Gasteiger partial charge in [0.05, 0.1) is 38.2 Å². The third-order valence-corrected chi connectivity index (χ3v) is 5.19. The van der Waals surface area contributed by atoms with Gasteiger partial charge in [-0.3, -0.25) is 4.79 Å². The second kappa shape index (κ2) is 10.0. The molecule has 0 spiro atoms. The van der Waals surface area contributed by atoms with Gasteiger partial charge in [0.1, 0.15) is 17.9 Å². The number of furan rings is 1. The Kier molecular flexibility index (Phi) is 6.75. The Morgan fingerprint density at radius 2 is 1.88 bits per heavy atom. The van der Waals surface area contributed by atoms with Gasteiger partial charge in [0.15, 0.2) is 17.1 Å². The largest absolute Gasteiger partial charge is 0.495 e. The van der Waals surface area contributed by atoms with Crippen molar-refractivity contribution in [2.75, 3.05) is 20.3 Å². The fraction of sp³-hybridized carbons (Fsp3) is 0.280. The number of hydrogen-bond acceptors (Lipinski definition) is 6. The molecular weight excluding hydrogens is 408 g/mol. The van der Waals surface area contributed by atoms with Crippen LogP contribution < -0.4 is 14.2 Å². The standard InChI is InChI=1S/C25H26N2O5/c1-18(28)21-22(29-2)20-10-15-31-23(20)25(24(21)32-16-13-27-12-11-26-17-27)30-14-6-9-19-7-4-3-5-8-19/h3-5,7-8,10-12,15,17H,6,9,13-14,16H2,1-2H3. The average Bonchev–Trinajstić information content (AvgIpc) is 3.49. The van der Waals surface area contributed by atoms with E-state index in [2.05, 4.69) is 17.1 Å². The summed E-state index contributed by atoms with van der Waals surface area (Å²) in [6.45, 7) is 2.84. The number of ether oxygens (including phenoxy) is 3. The van der Waals surface area contributed by atoms with Gasteiger partial charge in [-0.1, -0.05) is 30.3 Å². The van der Waals surface area contributed by atoms with Crippen molar-refractivity contribution in [2.45, 2.75) is 26.3 Å². The lowest BCUT2D eigenvalue weighted by molar-refractivity contribution is 0.100. The molecule has 0 N–H and O–H groups in total. The lowest BCUT2D eigenvalue weighted by Gasteiger charge is -2.19. The monoisotopic (exact) mass is 434 g/mol. The molecule has 7 nitrogen and oxygen atoms in total. The summed E-state index contributed by atoms with van der Waals surface area (Å²) >= 11 is 0. The Bertz CT molecular complexity index is 1170. The molecule has 2 heterocycles. The van der Waals surface area contributed by atoms with Gasteiger partial charge in [-0.15, -0.1) is 0 Å². The summed E-state index contributed by atoms with van der Waals surface area (Å²) in [6.07, 6.45) is 8.53. The van der Waals surface area contributed by atoms with Gasteiger partial charge in [0.25, 0.3) is 0 Å². The summed E-state index contributed by atoms with van der Waals surface area (Å²) in [6, 6.07) is 12.0. The van der Waals surface area contributed by atoms with Crippen molar-refractivity contribution >= 4 is 16.8 Å². The van der Waals surface area contributed by atoms with Crippen molar-refractivity contribution in [3.05, 3.63) is 72.5 Å². The van der Waals surface area contributed by atoms with E-state index < -0.39 is 0 Å². The van der Waals surface area contributed by atoms with E-state index in [9.17, 15) is 4.79 Å². The molecule has 0 radical (unpaired) electrons. The molecule has 4 rings (SSSR count). The van der Waals surface area contributed by atoms with Gasteiger partial charge in [0.2, 0.25) is 5.75 Å². The topological polar surface area (TPSA) is 75.7 Å². The highest BCUT2D eigenvalue weighted by atomic mass is 16.5. The van der Waals surface area contributed by atoms with Crippen LogP contribution in [0.5, 0.6) is 17.2 Å². The third kappa shape index (κ3) is 4.61. The number of aryl methyl sites for hydroxylation is 1. The molecule has 2 aromatic carbocycles. The van der Waals surface area contributed by atoms with E-state index in [0.717, 1.165) is 12.8 Å². The Hall–Kier alpha value is -3.74. The molecular formula is C25H26N2O5. The molecule has 7 heteroatoms. The third-order valence-electron chi connectivity index (χ3n) is 5.19. The summed E-state index contributed by atoms with van der Waals surface area (Å²) < 4.78 is 25.5. The van der Waals surface area contributed by atoms with Crippen LogP contribution in [-0.4, -0.2) is 35.7 Å². The van der Waals surface area contributed by atoms with E-state index >= 15 is 0 Å². The molecule has 0 unspecified atom stereocenters. The fourth-order valence-corrected chi connectivity index (χ4v) is 3.69. The van der Waals surface area contributed by atoms with E-state index in [1.54, 1.807) is 24.9 Å². The highest BCUT2D eigenvalue weighted by molar-refractivity contribution is 6.08. The van der Waals surface area contributed by atoms with Crippen LogP contribution in [0.1, 0.15) is 29.3 Å². The highest BCUT2D eigenvalue weighted by Gasteiger charge is 2.27. The molecule has 0 fully saturated rings. The molecule has 2 aromatic heterocycles. The number of nitrogens with zero attached hydrogens (tertiary/aromatic N) is 2. The lowest BCUT2D eigenvalue weighted by atomic mass is 10.0. The first kappa shape index (κ1) is 21.5. The van der Waals surface area contributed by atoms with Crippen molar-refractivity contribution in [3.8, 4) is 17.2 Å². The van der Waals surface area contributed by atoms with E-state index in [-0.39, 0.29) is 5.78 Å². The van der Waals surface area contributed by atoms with Crippen molar-refractivity contribution in [1.29, 1.82) is 0 Å². The van der Waals surface area contributed by atoms with Crippen LogP contribution in [0.3, 0.4) is 0 Å². The van der Waals surface area contributed by atoms with E-state index in [1.165, 1.54) is 19.6 Å². The van der Waals surface area contributed by atoms with Gasteiger partial charge in [0, 0.05) is 12.4 Å². The Balaban J connectivity index is 1.61. The second-order valence-electron chi connectivity index (χ2n) is 7.37. The predicted octanol–water partition coefficient (Wildman–Crippen LogP) is 4.93. The average molecular weight is 434 g/mol. The Morgan fingerprint density at radius 1 is 1.06 bits per heavy atom. The summed E-state index contributed by atoms with van der Waals surface area (Å²) in [7, 11) is 1.53. The number of hydrogen-bond donors (Lipinski definition) is 0. The van der Waals surface area contributed by atoms with Crippen LogP contribution in [0.15, 0.2) is 65.8 Å². The summed E-state index contributed by atoms with van der Waals surface area (Å²) in [5.41, 5.74) is 2.10. The number of aromatic nitrogens is 2. The van der Waals surface area contributed by atoms with Crippen molar-refractivity contribution in [2.24, 2.45) is 0 Å². The zero-order valence-electron chi connectivity index (χ0n) is 18.2. The van der Waals surface area contributed by atoms with Crippen LogP contribution in [0.4, 0.5) is 0 Å². The molecule has 0 aliphatic rings. The number of rotatable bonds is 11. The predicted molar refractivity (Wildman–Crippen MR) is 121 cm³/mol.